The molecule has 0 saturated heterocycles. The minimum atomic E-state index is -0.829. The normalized spacial score (nSPS) is 18.9. The lowest BCUT2D eigenvalue weighted by Gasteiger charge is -2.17. The molecule has 0 radical (unpaired) electrons. The van der Waals surface area contributed by atoms with Crippen LogP contribution >= 0.6 is 0 Å². The molecule has 2 aromatic carbocycles. The minimum absolute atomic E-state index is 0.149. The van der Waals surface area contributed by atoms with E-state index in [1.165, 1.54) is 5.56 Å². The van der Waals surface area contributed by atoms with Crippen molar-refractivity contribution in [2.45, 2.75) is 45.3 Å². The van der Waals surface area contributed by atoms with Crippen LogP contribution in [0.15, 0.2) is 48.5 Å². The number of benzene rings is 2. The van der Waals surface area contributed by atoms with Crippen molar-refractivity contribution in [1.29, 1.82) is 0 Å². The number of nitrogens with one attached hydrogen (secondary N) is 1. The van der Waals surface area contributed by atoms with Gasteiger partial charge in [0.1, 0.15) is 12.4 Å². The summed E-state index contributed by atoms with van der Waals surface area (Å²) in [4.78, 5) is 23.6. The molecule has 1 amide bonds. The van der Waals surface area contributed by atoms with Gasteiger partial charge in [-0.15, -0.1) is 0 Å². The lowest BCUT2D eigenvalue weighted by molar-refractivity contribution is -0.142. The van der Waals surface area contributed by atoms with Gasteiger partial charge < -0.3 is 15.2 Å². The van der Waals surface area contributed by atoms with Crippen LogP contribution in [-0.4, -0.2) is 23.0 Å². The van der Waals surface area contributed by atoms with Gasteiger partial charge in [0.05, 0.1) is 12.3 Å². The molecule has 0 unspecified atom stereocenters. The lowest BCUT2D eigenvalue weighted by atomic mass is 10.0. The zero-order valence-electron chi connectivity index (χ0n) is 15.5. The third kappa shape index (κ3) is 5.09. The van der Waals surface area contributed by atoms with Crippen LogP contribution in [0.25, 0.3) is 0 Å². The van der Waals surface area contributed by atoms with Crippen molar-refractivity contribution in [3.63, 3.8) is 0 Å². The zero-order valence-corrected chi connectivity index (χ0v) is 15.5. The number of carboxylic acids is 1. The molecule has 2 aromatic rings. The second-order valence-electron chi connectivity index (χ2n) is 7.09. The predicted octanol–water partition coefficient (Wildman–Crippen LogP) is 3.49. The van der Waals surface area contributed by atoms with Gasteiger partial charge in [-0.25, -0.2) is 0 Å². The van der Waals surface area contributed by atoms with Gasteiger partial charge in [-0.05, 0) is 48.6 Å². The van der Waals surface area contributed by atoms with Gasteiger partial charge in [0.25, 0.3) is 0 Å². The highest BCUT2D eigenvalue weighted by Crippen LogP contribution is 2.26. The van der Waals surface area contributed by atoms with Gasteiger partial charge in [-0.3, -0.25) is 9.59 Å². The molecular weight excluding hydrogens is 342 g/mol. The average Bonchev–Trinajstić information content (AvgIpc) is 3.09. The summed E-state index contributed by atoms with van der Waals surface area (Å²) in [5.41, 5.74) is 3.15. The van der Waals surface area contributed by atoms with E-state index in [-0.39, 0.29) is 18.4 Å². The molecule has 1 fully saturated rings. The highest BCUT2D eigenvalue weighted by Gasteiger charge is 2.33. The summed E-state index contributed by atoms with van der Waals surface area (Å²) in [6.45, 7) is 2.53. The molecular formula is C22H25NO4. The molecule has 142 valence electrons. The lowest BCUT2D eigenvalue weighted by Crippen LogP contribution is -2.40. The second-order valence-corrected chi connectivity index (χ2v) is 7.09. The van der Waals surface area contributed by atoms with Gasteiger partial charge in [0.15, 0.2) is 0 Å². The van der Waals surface area contributed by atoms with Gasteiger partial charge in [-0.1, -0.05) is 42.8 Å². The van der Waals surface area contributed by atoms with E-state index in [0.717, 1.165) is 24.0 Å². The number of carbonyl (C=O) groups is 2. The number of aryl methyl sites for hydroxylation is 1. The number of carbonyl (C=O) groups excluding carboxylic acids is 1. The summed E-state index contributed by atoms with van der Waals surface area (Å²) in [5, 5.41) is 12.1. The Morgan fingerprint density at radius 2 is 1.96 bits per heavy atom. The minimum Gasteiger partial charge on any atom is -0.489 e. The topological polar surface area (TPSA) is 75.6 Å². The number of aliphatic carboxylic acids is 1. The Morgan fingerprint density at radius 3 is 2.74 bits per heavy atom. The van der Waals surface area contributed by atoms with Crippen LogP contribution in [0.5, 0.6) is 5.75 Å². The summed E-state index contributed by atoms with van der Waals surface area (Å²) in [7, 11) is 0. The molecule has 27 heavy (non-hydrogen) atoms. The van der Waals surface area contributed by atoms with E-state index in [4.69, 9.17) is 4.74 Å². The molecule has 0 bridgehead atoms. The summed E-state index contributed by atoms with van der Waals surface area (Å²) in [6.07, 6.45) is 2.40. The molecule has 5 heteroatoms. The smallest absolute Gasteiger partial charge is 0.308 e. The molecule has 1 aliphatic rings. The van der Waals surface area contributed by atoms with Crippen molar-refractivity contribution in [2.75, 3.05) is 0 Å². The highest BCUT2D eigenvalue weighted by molar-refractivity contribution is 5.80. The van der Waals surface area contributed by atoms with Crippen LogP contribution in [0.2, 0.25) is 0 Å². The standard InChI is InChI=1S/C22H25NO4/c1-15-6-2-3-8-17(15)14-27-18-9-4-7-16(12-18)13-21(24)23-20-11-5-10-19(20)22(25)26/h2-4,6-9,12,19-20H,5,10-11,13-14H2,1H3,(H,23,24)(H,25,26)/t19-,20+/m0/s1. The maximum Gasteiger partial charge on any atom is 0.308 e. The van der Waals surface area contributed by atoms with Gasteiger partial charge in [0.2, 0.25) is 5.91 Å². The van der Waals surface area contributed by atoms with Crippen LogP contribution in [0, 0.1) is 12.8 Å². The third-order valence-corrected chi connectivity index (χ3v) is 5.10. The fourth-order valence-electron chi connectivity index (χ4n) is 3.55. The highest BCUT2D eigenvalue weighted by atomic mass is 16.5. The molecule has 2 atom stereocenters. The van der Waals surface area contributed by atoms with Gasteiger partial charge in [-0.2, -0.15) is 0 Å². The van der Waals surface area contributed by atoms with Crippen molar-refractivity contribution in [2.24, 2.45) is 5.92 Å². The number of rotatable bonds is 7. The quantitative estimate of drug-likeness (QED) is 0.785. The maximum absolute atomic E-state index is 12.3. The van der Waals surface area contributed by atoms with E-state index in [1.54, 1.807) is 0 Å². The summed E-state index contributed by atoms with van der Waals surface area (Å²) in [5.74, 6) is -0.737. The Labute approximate surface area is 159 Å². The van der Waals surface area contributed by atoms with Crippen molar-refractivity contribution >= 4 is 11.9 Å². The van der Waals surface area contributed by atoms with Crippen LogP contribution in [-0.2, 0) is 22.6 Å². The Bertz CT molecular complexity index is 817. The Hall–Kier alpha value is -2.82. The summed E-state index contributed by atoms with van der Waals surface area (Å²) >= 11 is 0. The Balaban J connectivity index is 1.56. The average molecular weight is 367 g/mol. The number of ether oxygens (including phenoxy) is 1. The largest absolute Gasteiger partial charge is 0.489 e. The third-order valence-electron chi connectivity index (χ3n) is 5.10. The maximum atomic E-state index is 12.3. The van der Waals surface area contributed by atoms with E-state index in [9.17, 15) is 14.7 Å². The van der Waals surface area contributed by atoms with Crippen molar-refractivity contribution in [3.8, 4) is 5.75 Å². The van der Waals surface area contributed by atoms with E-state index in [1.807, 2.05) is 55.5 Å². The fourth-order valence-corrected chi connectivity index (χ4v) is 3.55. The van der Waals surface area contributed by atoms with E-state index < -0.39 is 11.9 Å². The molecule has 1 saturated carbocycles. The molecule has 5 nitrogen and oxygen atoms in total. The van der Waals surface area contributed by atoms with Gasteiger partial charge in [0, 0.05) is 6.04 Å². The monoisotopic (exact) mass is 367 g/mol. The molecule has 0 aromatic heterocycles. The second kappa shape index (κ2) is 8.71. The molecule has 1 aliphatic carbocycles. The van der Waals surface area contributed by atoms with Crippen LogP contribution < -0.4 is 10.1 Å². The van der Waals surface area contributed by atoms with Crippen LogP contribution in [0.3, 0.4) is 0 Å². The first-order valence-electron chi connectivity index (χ1n) is 9.31. The molecule has 0 heterocycles. The molecule has 0 spiro atoms. The Morgan fingerprint density at radius 1 is 1.15 bits per heavy atom. The molecule has 2 N–H and O–H groups in total. The SMILES string of the molecule is Cc1ccccc1COc1cccc(CC(=O)N[C@@H]2CCC[C@@H]2C(=O)O)c1. The summed E-state index contributed by atoms with van der Waals surface area (Å²) in [6, 6.07) is 15.3. The first-order chi connectivity index (χ1) is 13.0. The first-order valence-corrected chi connectivity index (χ1v) is 9.31. The Kier molecular flexibility index (Phi) is 6.12. The van der Waals surface area contributed by atoms with Crippen molar-refractivity contribution in [3.05, 3.63) is 65.2 Å². The predicted molar refractivity (Wildman–Crippen MR) is 103 cm³/mol. The first kappa shape index (κ1) is 19.0. The molecule has 3 rings (SSSR count). The number of amides is 1. The fraction of sp³-hybridized carbons (Fsp3) is 0.364. The number of carboxylic acid groups (broad SMARTS) is 1. The van der Waals surface area contributed by atoms with Crippen molar-refractivity contribution < 1.29 is 19.4 Å². The van der Waals surface area contributed by atoms with E-state index in [2.05, 4.69) is 5.32 Å². The zero-order chi connectivity index (χ0) is 19.2. The molecule has 0 aliphatic heterocycles. The van der Waals surface area contributed by atoms with Crippen molar-refractivity contribution in [1.82, 2.24) is 5.32 Å². The van der Waals surface area contributed by atoms with E-state index >= 15 is 0 Å². The van der Waals surface area contributed by atoms with Crippen LogP contribution in [0.1, 0.15) is 36.0 Å². The van der Waals surface area contributed by atoms with Gasteiger partial charge >= 0.3 is 5.97 Å². The van der Waals surface area contributed by atoms with Crippen LogP contribution in [0.4, 0.5) is 0 Å². The number of hydrogen-bond donors (Lipinski definition) is 2. The van der Waals surface area contributed by atoms with E-state index in [0.29, 0.717) is 18.8 Å². The number of hydrogen-bond acceptors (Lipinski definition) is 3. The summed E-state index contributed by atoms with van der Waals surface area (Å²) < 4.78 is 5.87.